The Bertz CT molecular complexity index is 832. The van der Waals surface area contributed by atoms with Crippen LogP contribution in [0.3, 0.4) is 0 Å². The number of rotatable bonds is 3. The van der Waals surface area contributed by atoms with Crippen molar-refractivity contribution in [3.63, 3.8) is 0 Å². The average Bonchev–Trinajstić information content (AvgIpc) is 3.15. The number of Topliss-reactive ketones (excluding diaryl/α,β-unsaturated/α-hetero) is 1. The Morgan fingerprint density at radius 2 is 1.96 bits per heavy atom. The molecule has 1 saturated heterocycles. The summed E-state index contributed by atoms with van der Waals surface area (Å²) < 4.78 is 5.77. The molecule has 2 atom stereocenters. The minimum Gasteiger partial charge on any atom is -0.423 e. The van der Waals surface area contributed by atoms with E-state index in [2.05, 4.69) is 4.99 Å². The van der Waals surface area contributed by atoms with E-state index < -0.39 is 24.1 Å². The molecule has 0 radical (unpaired) electrons. The number of aliphatic imine (C=N–C) groups is 1. The van der Waals surface area contributed by atoms with Crippen molar-refractivity contribution < 1.29 is 19.1 Å². The van der Waals surface area contributed by atoms with Gasteiger partial charge in [0.1, 0.15) is 5.78 Å². The van der Waals surface area contributed by atoms with E-state index in [4.69, 9.17) is 4.74 Å². The predicted octanol–water partition coefficient (Wildman–Crippen LogP) is 0.864. The lowest BCUT2D eigenvalue weighted by Gasteiger charge is -2.39. The number of likely N-dealkylation sites (N-methyl/N-ethyl adjacent to an activating group) is 1. The fourth-order valence-electron chi connectivity index (χ4n) is 3.19. The molecule has 1 aromatic rings. The molecule has 1 fully saturated rings. The topological polar surface area (TPSA) is 82.5 Å². The first kappa shape index (κ1) is 15.4. The summed E-state index contributed by atoms with van der Waals surface area (Å²) in [5.41, 5.74) is 0.865. The van der Waals surface area contributed by atoms with Crippen LogP contribution < -0.4 is 0 Å². The Morgan fingerprint density at radius 1 is 1.24 bits per heavy atom. The molecule has 3 amide bonds. The second kappa shape index (κ2) is 5.44. The highest BCUT2D eigenvalue weighted by atomic mass is 16.5. The molecule has 0 N–H and O–H groups in total. The largest absolute Gasteiger partial charge is 0.423 e. The van der Waals surface area contributed by atoms with Gasteiger partial charge in [-0.05, 0) is 6.92 Å². The Morgan fingerprint density at radius 3 is 2.64 bits per heavy atom. The molecular weight excluding hydrogens is 324 g/mol. The molecule has 8 nitrogen and oxygen atoms in total. The van der Waals surface area contributed by atoms with Gasteiger partial charge in [0.05, 0.1) is 12.7 Å². The summed E-state index contributed by atoms with van der Waals surface area (Å²) in [6.45, 7) is 1.10. The molecule has 8 heteroatoms. The van der Waals surface area contributed by atoms with Gasteiger partial charge in [-0.1, -0.05) is 30.3 Å². The normalized spacial score (nSPS) is 24.6. The zero-order valence-corrected chi connectivity index (χ0v) is 13.7. The van der Waals surface area contributed by atoms with Gasteiger partial charge < -0.3 is 9.64 Å². The Hall–Kier alpha value is -3.16. The van der Waals surface area contributed by atoms with E-state index in [1.807, 2.05) is 30.3 Å². The number of ether oxygens (including phenoxy) is 1. The van der Waals surface area contributed by atoms with Gasteiger partial charge in [0.15, 0.2) is 18.0 Å². The van der Waals surface area contributed by atoms with Crippen LogP contribution in [0, 0.1) is 0 Å². The van der Waals surface area contributed by atoms with Crippen LogP contribution in [0.4, 0.5) is 4.79 Å². The van der Waals surface area contributed by atoms with Gasteiger partial charge in [0.25, 0.3) is 11.9 Å². The van der Waals surface area contributed by atoms with Crippen molar-refractivity contribution in [2.75, 3.05) is 13.6 Å². The molecular formula is C17H16N4O4. The van der Waals surface area contributed by atoms with E-state index in [1.165, 1.54) is 11.8 Å². The minimum atomic E-state index is -0.724. The van der Waals surface area contributed by atoms with Gasteiger partial charge in [-0.3, -0.25) is 19.4 Å². The fourth-order valence-corrected chi connectivity index (χ4v) is 3.19. The van der Waals surface area contributed by atoms with Gasteiger partial charge in [0, 0.05) is 12.6 Å². The Kier molecular flexibility index (Phi) is 3.34. The molecule has 128 valence electrons. The third kappa shape index (κ3) is 2.29. The first-order valence-electron chi connectivity index (χ1n) is 7.86. The number of hydrogen-bond acceptors (Lipinski definition) is 6. The van der Waals surface area contributed by atoms with Crippen molar-refractivity contribution in [1.82, 2.24) is 14.7 Å². The van der Waals surface area contributed by atoms with E-state index >= 15 is 0 Å². The lowest BCUT2D eigenvalue weighted by atomic mass is 10.1. The standard InChI is InChI=1S/C17H16N4O4/c1-10(22)8-21-15(23)13-14(19(2)17(21)24)18-16-20(13)9-12(25-16)11-6-4-3-5-7-11/h3-7,9,13-14H,8H2,1-2H3. The maximum absolute atomic E-state index is 12.8. The van der Waals surface area contributed by atoms with Gasteiger partial charge in [0.2, 0.25) is 0 Å². The maximum atomic E-state index is 12.8. The highest BCUT2D eigenvalue weighted by Crippen LogP contribution is 2.35. The second-order valence-corrected chi connectivity index (χ2v) is 6.16. The van der Waals surface area contributed by atoms with Gasteiger partial charge in [-0.2, -0.15) is 0 Å². The summed E-state index contributed by atoms with van der Waals surface area (Å²) in [6.07, 6.45) is 1.05. The number of nitrogens with zero attached hydrogens (tertiary/aromatic N) is 4. The van der Waals surface area contributed by atoms with Crippen LogP contribution in [0.1, 0.15) is 12.5 Å². The summed E-state index contributed by atoms with van der Waals surface area (Å²) in [6, 6.07) is 8.50. The summed E-state index contributed by atoms with van der Waals surface area (Å²) in [4.78, 5) is 44.9. The first-order valence-corrected chi connectivity index (χ1v) is 7.86. The molecule has 0 aromatic heterocycles. The summed E-state index contributed by atoms with van der Waals surface area (Å²) in [5, 5.41) is 0. The zero-order chi connectivity index (χ0) is 17.7. The molecule has 1 aromatic carbocycles. The van der Waals surface area contributed by atoms with Crippen LogP contribution >= 0.6 is 0 Å². The van der Waals surface area contributed by atoms with Crippen molar-refractivity contribution in [2.45, 2.75) is 19.1 Å². The molecule has 3 aliphatic rings. The average molecular weight is 340 g/mol. The first-order chi connectivity index (χ1) is 12.0. The number of benzene rings is 1. The van der Waals surface area contributed by atoms with Crippen molar-refractivity contribution in [3.8, 4) is 0 Å². The van der Waals surface area contributed by atoms with Crippen LogP contribution in [0.25, 0.3) is 5.76 Å². The molecule has 0 aliphatic carbocycles. The lowest BCUT2D eigenvalue weighted by molar-refractivity contribution is -0.139. The number of amidine groups is 1. The van der Waals surface area contributed by atoms with Crippen molar-refractivity contribution in [3.05, 3.63) is 42.1 Å². The molecule has 0 saturated carbocycles. The van der Waals surface area contributed by atoms with E-state index in [9.17, 15) is 14.4 Å². The summed E-state index contributed by atoms with van der Waals surface area (Å²) in [5.74, 6) is -0.120. The summed E-state index contributed by atoms with van der Waals surface area (Å²) in [7, 11) is 1.56. The van der Waals surface area contributed by atoms with Crippen LogP contribution in [-0.4, -0.2) is 64.2 Å². The molecule has 0 spiro atoms. The number of imide groups is 1. The number of carbonyl (C=O) groups excluding carboxylic acids is 3. The third-order valence-corrected chi connectivity index (χ3v) is 4.39. The number of carbonyl (C=O) groups is 3. The maximum Gasteiger partial charge on any atom is 0.328 e. The Labute approximate surface area is 144 Å². The fraction of sp³-hybridized carbons (Fsp3) is 0.294. The number of ketones is 1. The molecule has 25 heavy (non-hydrogen) atoms. The van der Waals surface area contributed by atoms with Crippen LogP contribution in [0.5, 0.6) is 0 Å². The van der Waals surface area contributed by atoms with E-state index in [0.29, 0.717) is 5.76 Å². The monoisotopic (exact) mass is 340 g/mol. The predicted molar refractivity (Wildman–Crippen MR) is 87.9 cm³/mol. The second-order valence-electron chi connectivity index (χ2n) is 6.16. The van der Waals surface area contributed by atoms with Gasteiger partial charge in [-0.15, -0.1) is 0 Å². The highest BCUT2D eigenvalue weighted by Gasteiger charge is 2.54. The van der Waals surface area contributed by atoms with E-state index in [0.717, 1.165) is 10.5 Å². The number of hydrogen-bond donors (Lipinski definition) is 0. The van der Waals surface area contributed by atoms with Crippen LogP contribution in [0.15, 0.2) is 41.5 Å². The van der Waals surface area contributed by atoms with Crippen molar-refractivity contribution >= 4 is 29.5 Å². The van der Waals surface area contributed by atoms with E-state index in [-0.39, 0.29) is 18.3 Å². The van der Waals surface area contributed by atoms with Crippen LogP contribution in [0.2, 0.25) is 0 Å². The lowest BCUT2D eigenvalue weighted by Crippen LogP contribution is -2.64. The third-order valence-electron chi connectivity index (χ3n) is 4.39. The van der Waals surface area contributed by atoms with Crippen molar-refractivity contribution in [1.29, 1.82) is 0 Å². The van der Waals surface area contributed by atoms with Crippen LogP contribution in [-0.2, 0) is 14.3 Å². The quantitative estimate of drug-likeness (QED) is 0.815. The van der Waals surface area contributed by atoms with Gasteiger partial charge >= 0.3 is 6.03 Å². The number of urea groups is 1. The zero-order valence-electron chi connectivity index (χ0n) is 13.7. The van der Waals surface area contributed by atoms with Crippen molar-refractivity contribution in [2.24, 2.45) is 4.99 Å². The molecule has 2 unspecified atom stereocenters. The smallest absolute Gasteiger partial charge is 0.328 e. The van der Waals surface area contributed by atoms with Gasteiger partial charge in [-0.25, -0.2) is 9.79 Å². The molecule has 4 rings (SSSR count). The highest BCUT2D eigenvalue weighted by molar-refractivity contribution is 6.06. The number of fused-ring (bicyclic) bond motifs is 3. The SMILES string of the molecule is CC(=O)CN1C(=O)C2C(N=C3OC(c4ccccc4)=CN32)N(C)C1=O. The Balaban J connectivity index is 1.67. The summed E-state index contributed by atoms with van der Waals surface area (Å²) >= 11 is 0. The molecule has 3 aliphatic heterocycles. The molecule has 3 heterocycles. The van der Waals surface area contributed by atoms with E-state index in [1.54, 1.807) is 18.1 Å². The minimum absolute atomic E-state index is 0.246. The molecule has 0 bridgehead atoms. The number of amides is 3.